The Kier molecular flexibility index (Phi) is 4.57. The number of hydrogen-bond acceptors (Lipinski definition) is 3. The molecule has 0 aromatic carbocycles. The summed E-state index contributed by atoms with van der Waals surface area (Å²) in [5.41, 5.74) is 6.44. The van der Waals surface area contributed by atoms with E-state index in [1.54, 1.807) is 0 Å². The van der Waals surface area contributed by atoms with E-state index in [1.807, 2.05) is 0 Å². The molecule has 2 aliphatic rings. The lowest BCUT2D eigenvalue weighted by atomic mass is 9.92. The minimum Gasteiger partial charge on any atom is -0.329 e. The molecule has 2 aliphatic heterocycles. The molecule has 0 bridgehead atoms. The van der Waals surface area contributed by atoms with Gasteiger partial charge < -0.3 is 5.73 Å². The Morgan fingerprint density at radius 3 is 2.88 bits per heavy atom. The highest BCUT2D eigenvalue weighted by Crippen LogP contribution is 2.33. The lowest BCUT2D eigenvalue weighted by molar-refractivity contribution is 0.106. The first-order valence-corrected chi connectivity index (χ1v) is 7.95. The van der Waals surface area contributed by atoms with Gasteiger partial charge in [0.2, 0.25) is 0 Å². The van der Waals surface area contributed by atoms with Crippen molar-refractivity contribution in [3.63, 3.8) is 0 Å². The molecule has 2 nitrogen and oxygen atoms in total. The van der Waals surface area contributed by atoms with Gasteiger partial charge in [0.25, 0.3) is 0 Å². The maximum absolute atomic E-state index is 6.10. The van der Waals surface area contributed by atoms with E-state index in [-0.39, 0.29) is 0 Å². The Balaban J connectivity index is 2.01. The summed E-state index contributed by atoms with van der Waals surface area (Å²) >= 11 is 2.11. The van der Waals surface area contributed by atoms with Crippen LogP contribution >= 0.6 is 11.8 Å². The van der Waals surface area contributed by atoms with Crippen LogP contribution in [-0.4, -0.2) is 41.6 Å². The van der Waals surface area contributed by atoms with Gasteiger partial charge in [-0.15, -0.1) is 0 Å². The zero-order chi connectivity index (χ0) is 11.4. The van der Waals surface area contributed by atoms with Gasteiger partial charge in [-0.2, -0.15) is 11.8 Å². The summed E-state index contributed by atoms with van der Waals surface area (Å²) in [6.07, 6.45) is 6.82. The second-order valence-electron chi connectivity index (χ2n) is 5.61. The van der Waals surface area contributed by atoms with Gasteiger partial charge in [0.1, 0.15) is 0 Å². The Bertz CT molecular complexity index is 214. The number of thioether (sulfide) groups is 1. The van der Waals surface area contributed by atoms with Crippen molar-refractivity contribution in [3.8, 4) is 0 Å². The molecule has 3 heteroatoms. The summed E-state index contributed by atoms with van der Waals surface area (Å²) in [4.78, 5) is 2.72. The third-order valence-corrected chi connectivity index (χ3v) is 5.69. The number of rotatable bonds is 2. The monoisotopic (exact) mass is 242 g/mol. The molecular weight excluding hydrogens is 216 g/mol. The second kappa shape index (κ2) is 5.74. The first kappa shape index (κ1) is 12.7. The van der Waals surface area contributed by atoms with Crippen LogP contribution in [0.4, 0.5) is 0 Å². The van der Waals surface area contributed by atoms with Crippen LogP contribution in [0.25, 0.3) is 0 Å². The van der Waals surface area contributed by atoms with Crippen LogP contribution in [0, 0.1) is 5.92 Å². The van der Waals surface area contributed by atoms with Crippen molar-refractivity contribution >= 4 is 11.8 Å². The van der Waals surface area contributed by atoms with Gasteiger partial charge in [-0.1, -0.05) is 6.92 Å². The standard InChI is InChI=1S/C13H26N2S/c1-12-4-2-7-15(8-5-12)13(10-14)6-3-9-16-11-13/h12H,2-11,14H2,1H3. The fourth-order valence-corrected chi connectivity index (χ4v) is 4.43. The number of nitrogens with zero attached hydrogens (tertiary/aromatic N) is 1. The maximum atomic E-state index is 6.10. The smallest absolute Gasteiger partial charge is 0.0422 e. The fourth-order valence-electron chi connectivity index (χ4n) is 3.11. The highest BCUT2D eigenvalue weighted by atomic mass is 32.2. The molecule has 2 N–H and O–H groups in total. The predicted octanol–water partition coefficient (Wildman–Crippen LogP) is 2.33. The van der Waals surface area contributed by atoms with Crippen molar-refractivity contribution in [1.29, 1.82) is 0 Å². The molecule has 0 spiro atoms. The molecule has 94 valence electrons. The molecular formula is C13H26N2S. The van der Waals surface area contributed by atoms with E-state index in [9.17, 15) is 0 Å². The number of hydrogen-bond donors (Lipinski definition) is 1. The third-order valence-electron chi connectivity index (χ3n) is 4.37. The van der Waals surface area contributed by atoms with Crippen molar-refractivity contribution in [2.45, 2.75) is 44.6 Å². The van der Waals surface area contributed by atoms with Crippen molar-refractivity contribution in [2.75, 3.05) is 31.1 Å². The van der Waals surface area contributed by atoms with Crippen LogP contribution in [-0.2, 0) is 0 Å². The summed E-state index contributed by atoms with van der Waals surface area (Å²) in [6, 6.07) is 0. The zero-order valence-electron chi connectivity index (χ0n) is 10.6. The van der Waals surface area contributed by atoms with Crippen LogP contribution in [0.2, 0.25) is 0 Å². The quantitative estimate of drug-likeness (QED) is 0.806. The summed E-state index contributed by atoms with van der Waals surface area (Å²) in [5, 5.41) is 0. The van der Waals surface area contributed by atoms with Crippen LogP contribution in [0.15, 0.2) is 0 Å². The van der Waals surface area contributed by atoms with Gasteiger partial charge in [-0.05, 0) is 56.9 Å². The lowest BCUT2D eigenvalue weighted by Crippen LogP contribution is -2.57. The third kappa shape index (κ3) is 2.74. The molecule has 0 radical (unpaired) electrons. The molecule has 2 atom stereocenters. The Hall–Kier alpha value is 0.270. The average molecular weight is 242 g/mol. The van der Waals surface area contributed by atoms with Gasteiger partial charge in [-0.3, -0.25) is 4.90 Å². The van der Waals surface area contributed by atoms with E-state index in [2.05, 4.69) is 23.6 Å². The van der Waals surface area contributed by atoms with E-state index in [1.165, 1.54) is 56.7 Å². The summed E-state index contributed by atoms with van der Waals surface area (Å²) < 4.78 is 0. The van der Waals surface area contributed by atoms with E-state index < -0.39 is 0 Å². The van der Waals surface area contributed by atoms with Crippen molar-refractivity contribution in [1.82, 2.24) is 4.90 Å². The van der Waals surface area contributed by atoms with Crippen LogP contribution in [0.1, 0.15) is 39.0 Å². The van der Waals surface area contributed by atoms with Gasteiger partial charge in [0.05, 0.1) is 0 Å². The van der Waals surface area contributed by atoms with Crippen molar-refractivity contribution in [2.24, 2.45) is 11.7 Å². The minimum atomic E-state index is 0.340. The number of likely N-dealkylation sites (tertiary alicyclic amines) is 1. The molecule has 2 heterocycles. The zero-order valence-corrected chi connectivity index (χ0v) is 11.4. The Labute approximate surface area is 104 Å². The molecule has 2 rings (SSSR count). The Morgan fingerprint density at radius 2 is 2.19 bits per heavy atom. The topological polar surface area (TPSA) is 29.3 Å². The Morgan fingerprint density at radius 1 is 1.31 bits per heavy atom. The van der Waals surface area contributed by atoms with Gasteiger partial charge in [0.15, 0.2) is 0 Å². The summed E-state index contributed by atoms with van der Waals surface area (Å²) in [5.74, 6) is 3.51. The average Bonchev–Trinajstić information content (AvgIpc) is 2.55. The molecule has 2 fully saturated rings. The van der Waals surface area contributed by atoms with Crippen molar-refractivity contribution < 1.29 is 0 Å². The molecule has 0 aliphatic carbocycles. The second-order valence-corrected chi connectivity index (χ2v) is 6.71. The first-order chi connectivity index (χ1) is 7.77. The van der Waals surface area contributed by atoms with Gasteiger partial charge >= 0.3 is 0 Å². The highest BCUT2D eigenvalue weighted by Gasteiger charge is 2.37. The fraction of sp³-hybridized carbons (Fsp3) is 1.00. The minimum absolute atomic E-state index is 0.340. The predicted molar refractivity (Wildman–Crippen MR) is 72.9 cm³/mol. The molecule has 0 aromatic heterocycles. The van der Waals surface area contributed by atoms with Gasteiger partial charge in [-0.25, -0.2) is 0 Å². The SMILES string of the molecule is CC1CCCN(C2(CN)CCCSC2)CC1. The normalized spacial score (nSPS) is 38.2. The van der Waals surface area contributed by atoms with E-state index in [4.69, 9.17) is 5.73 Å². The summed E-state index contributed by atoms with van der Waals surface area (Å²) in [6.45, 7) is 5.81. The molecule has 2 unspecified atom stereocenters. The number of nitrogens with two attached hydrogens (primary N) is 1. The summed E-state index contributed by atoms with van der Waals surface area (Å²) in [7, 11) is 0. The molecule has 16 heavy (non-hydrogen) atoms. The van der Waals surface area contributed by atoms with Crippen LogP contribution in [0.5, 0.6) is 0 Å². The molecule has 2 saturated heterocycles. The molecule has 0 saturated carbocycles. The maximum Gasteiger partial charge on any atom is 0.0422 e. The largest absolute Gasteiger partial charge is 0.329 e. The van der Waals surface area contributed by atoms with Crippen LogP contribution < -0.4 is 5.73 Å². The van der Waals surface area contributed by atoms with E-state index in [0.717, 1.165) is 12.5 Å². The van der Waals surface area contributed by atoms with E-state index in [0.29, 0.717) is 5.54 Å². The first-order valence-electron chi connectivity index (χ1n) is 6.80. The van der Waals surface area contributed by atoms with E-state index >= 15 is 0 Å². The van der Waals surface area contributed by atoms with Gasteiger partial charge in [0, 0.05) is 17.8 Å². The highest BCUT2D eigenvalue weighted by molar-refractivity contribution is 7.99. The van der Waals surface area contributed by atoms with Crippen molar-refractivity contribution in [3.05, 3.63) is 0 Å². The molecule has 0 amide bonds. The van der Waals surface area contributed by atoms with Crippen LogP contribution in [0.3, 0.4) is 0 Å². The lowest BCUT2D eigenvalue weighted by Gasteiger charge is -2.45. The molecule has 0 aromatic rings.